The van der Waals surface area contributed by atoms with Crippen LogP contribution in [-0.2, 0) is 0 Å². The van der Waals surface area contributed by atoms with Gasteiger partial charge < -0.3 is 9.15 Å². The van der Waals surface area contributed by atoms with E-state index in [4.69, 9.17) is 9.15 Å². The number of furan rings is 1. The summed E-state index contributed by atoms with van der Waals surface area (Å²) in [5, 5.41) is 0. The highest BCUT2D eigenvalue weighted by Crippen LogP contribution is 2.30. The maximum atomic E-state index is 10.5. The monoisotopic (exact) mass is 216 g/mol. The van der Waals surface area contributed by atoms with Gasteiger partial charge in [-0.3, -0.25) is 4.79 Å². The third-order valence-electron chi connectivity index (χ3n) is 2.20. The van der Waals surface area contributed by atoms with Crippen LogP contribution in [0.2, 0.25) is 0 Å². The van der Waals surface area contributed by atoms with Gasteiger partial charge in [0.25, 0.3) is 0 Å². The Bertz CT molecular complexity index is 485. The standard InChI is InChI=1S/C13H12O3/c1-2-15-12-6-4-3-5-11(12)13-8-7-10(9-14)16-13/h3-9H,2H2,1H3. The number of ether oxygens (including phenoxy) is 1. The molecule has 3 nitrogen and oxygen atoms in total. The molecule has 0 saturated heterocycles. The molecule has 0 fully saturated rings. The normalized spacial score (nSPS) is 10.1. The van der Waals surface area contributed by atoms with E-state index in [9.17, 15) is 4.79 Å². The van der Waals surface area contributed by atoms with E-state index in [2.05, 4.69) is 0 Å². The Morgan fingerprint density at radius 3 is 2.75 bits per heavy atom. The minimum absolute atomic E-state index is 0.321. The molecule has 82 valence electrons. The van der Waals surface area contributed by atoms with Crippen LogP contribution < -0.4 is 4.74 Å². The molecule has 0 bridgehead atoms. The molecular formula is C13H12O3. The van der Waals surface area contributed by atoms with E-state index in [-0.39, 0.29) is 0 Å². The number of rotatable bonds is 4. The molecule has 0 radical (unpaired) electrons. The van der Waals surface area contributed by atoms with Crippen molar-refractivity contribution >= 4 is 6.29 Å². The zero-order chi connectivity index (χ0) is 11.4. The van der Waals surface area contributed by atoms with Gasteiger partial charge >= 0.3 is 0 Å². The van der Waals surface area contributed by atoms with Gasteiger partial charge in [-0.1, -0.05) is 12.1 Å². The summed E-state index contributed by atoms with van der Waals surface area (Å²) in [6.07, 6.45) is 0.687. The fourth-order valence-electron chi connectivity index (χ4n) is 1.51. The van der Waals surface area contributed by atoms with Crippen molar-refractivity contribution in [1.29, 1.82) is 0 Å². The summed E-state index contributed by atoms with van der Waals surface area (Å²) in [7, 11) is 0. The van der Waals surface area contributed by atoms with Gasteiger partial charge in [-0.05, 0) is 31.2 Å². The van der Waals surface area contributed by atoms with Crippen LogP contribution >= 0.6 is 0 Å². The minimum Gasteiger partial charge on any atom is -0.493 e. The molecule has 1 aromatic carbocycles. The number of hydrogen-bond acceptors (Lipinski definition) is 3. The van der Waals surface area contributed by atoms with E-state index in [1.165, 1.54) is 0 Å². The zero-order valence-electron chi connectivity index (χ0n) is 8.97. The van der Waals surface area contributed by atoms with Gasteiger partial charge in [0.1, 0.15) is 11.5 Å². The topological polar surface area (TPSA) is 39.4 Å². The van der Waals surface area contributed by atoms with Crippen LogP contribution in [0.1, 0.15) is 17.5 Å². The average Bonchev–Trinajstić information content (AvgIpc) is 2.79. The maximum Gasteiger partial charge on any atom is 0.185 e. The zero-order valence-corrected chi connectivity index (χ0v) is 8.97. The Kier molecular flexibility index (Phi) is 3.05. The lowest BCUT2D eigenvalue weighted by molar-refractivity contribution is 0.110. The van der Waals surface area contributed by atoms with Crippen molar-refractivity contribution in [2.75, 3.05) is 6.61 Å². The highest BCUT2D eigenvalue weighted by atomic mass is 16.5. The molecule has 0 aliphatic carbocycles. The first kappa shape index (κ1) is 10.5. The second kappa shape index (κ2) is 4.66. The molecule has 2 rings (SSSR count). The molecule has 0 aliphatic heterocycles. The molecule has 0 unspecified atom stereocenters. The summed E-state index contributed by atoms with van der Waals surface area (Å²) < 4.78 is 10.8. The number of carbonyl (C=O) groups excluding carboxylic acids is 1. The third kappa shape index (κ3) is 1.98. The molecule has 0 atom stereocenters. The third-order valence-corrected chi connectivity index (χ3v) is 2.20. The van der Waals surface area contributed by atoms with Crippen LogP contribution in [0.4, 0.5) is 0 Å². The number of hydrogen-bond donors (Lipinski definition) is 0. The summed E-state index contributed by atoms with van der Waals surface area (Å²) in [6.45, 7) is 2.52. The van der Waals surface area contributed by atoms with Gasteiger partial charge in [-0.15, -0.1) is 0 Å². The Morgan fingerprint density at radius 1 is 1.25 bits per heavy atom. The number of carbonyl (C=O) groups is 1. The SMILES string of the molecule is CCOc1ccccc1-c1ccc(C=O)o1. The lowest BCUT2D eigenvalue weighted by Gasteiger charge is -2.07. The Balaban J connectivity index is 2.42. The smallest absolute Gasteiger partial charge is 0.185 e. The summed E-state index contributed by atoms with van der Waals surface area (Å²) in [5.41, 5.74) is 0.859. The van der Waals surface area contributed by atoms with Gasteiger partial charge in [0.05, 0.1) is 12.2 Å². The van der Waals surface area contributed by atoms with Gasteiger partial charge in [0, 0.05) is 0 Å². The molecule has 16 heavy (non-hydrogen) atoms. The lowest BCUT2D eigenvalue weighted by Crippen LogP contribution is -1.93. The number of para-hydroxylation sites is 1. The van der Waals surface area contributed by atoms with E-state index in [0.717, 1.165) is 11.3 Å². The fourth-order valence-corrected chi connectivity index (χ4v) is 1.51. The van der Waals surface area contributed by atoms with Crippen LogP contribution in [-0.4, -0.2) is 12.9 Å². The fraction of sp³-hybridized carbons (Fsp3) is 0.154. The summed E-state index contributed by atoms with van der Waals surface area (Å²) in [4.78, 5) is 10.5. The highest BCUT2D eigenvalue weighted by molar-refractivity contribution is 5.74. The molecule has 1 aromatic heterocycles. The minimum atomic E-state index is 0.321. The van der Waals surface area contributed by atoms with Gasteiger partial charge in [-0.2, -0.15) is 0 Å². The number of aldehydes is 1. The molecule has 1 heterocycles. The first-order valence-electron chi connectivity index (χ1n) is 5.12. The molecule has 0 amide bonds. The van der Waals surface area contributed by atoms with Gasteiger partial charge in [0.2, 0.25) is 0 Å². The summed E-state index contributed by atoms with van der Waals surface area (Å²) >= 11 is 0. The van der Waals surface area contributed by atoms with Crippen LogP contribution in [0.3, 0.4) is 0 Å². The van der Waals surface area contributed by atoms with Crippen molar-refractivity contribution in [3.05, 3.63) is 42.2 Å². The second-order valence-corrected chi connectivity index (χ2v) is 3.25. The van der Waals surface area contributed by atoms with E-state index in [1.807, 2.05) is 31.2 Å². The quantitative estimate of drug-likeness (QED) is 0.737. The Labute approximate surface area is 93.7 Å². The van der Waals surface area contributed by atoms with Crippen LogP contribution in [0.15, 0.2) is 40.8 Å². The van der Waals surface area contributed by atoms with Crippen molar-refractivity contribution in [3.63, 3.8) is 0 Å². The van der Waals surface area contributed by atoms with Gasteiger partial charge in [0.15, 0.2) is 12.0 Å². The van der Waals surface area contributed by atoms with Crippen LogP contribution in [0.5, 0.6) is 5.75 Å². The lowest BCUT2D eigenvalue weighted by atomic mass is 10.1. The van der Waals surface area contributed by atoms with E-state index < -0.39 is 0 Å². The molecule has 0 aliphatic rings. The van der Waals surface area contributed by atoms with Gasteiger partial charge in [-0.25, -0.2) is 0 Å². The van der Waals surface area contributed by atoms with Crippen molar-refractivity contribution in [1.82, 2.24) is 0 Å². The van der Waals surface area contributed by atoms with E-state index in [0.29, 0.717) is 24.4 Å². The molecule has 3 heteroatoms. The molecule has 2 aromatic rings. The van der Waals surface area contributed by atoms with E-state index >= 15 is 0 Å². The molecule has 0 spiro atoms. The second-order valence-electron chi connectivity index (χ2n) is 3.25. The van der Waals surface area contributed by atoms with Crippen molar-refractivity contribution in [2.24, 2.45) is 0 Å². The average molecular weight is 216 g/mol. The van der Waals surface area contributed by atoms with Crippen LogP contribution in [0, 0.1) is 0 Å². The largest absolute Gasteiger partial charge is 0.493 e. The first-order chi connectivity index (χ1) is 7.85. The van der Waals surface area contributed by atoms with E-state index in [1.54, 1.807) is 12.1 Å². The highest BCUT2D eigenvalue weighted by Gasteiger charge is 2.09. The maximum absolute atomic E-state index is 10.5. The predicted octanol–water partition coefficient (Wildman–Crippen LogP) is 3.16. The summed E-state index contributed by atoms with van der Waals surface area (Å²) in [6, 6.07) is 11.0. The van der Waals surface area contributed by atoms with Crippen LogP contribution in [0.25, 0.3) is 11.3 Å². The van der Waals surface area contributed by atoms with Crippen molar-refractivity contribution < 1.29 is 13.9 Å². The Hall–Kier alpha value is -2.03. The molecular weight excluding hydrogens is 204 g/mol. The predicted molar refractivity (Wildman–Crippen MR) is 60.7 cm³/mol. The van der Waals surface area contributed by atoms with Crippen molar-refractivity contribution in [2.45, 2.75) is 6.92 Å². The molecule has 0 N–H and O–H groups in total. The molecule has 0 saturated carbocycles. The first-order valence-corrected chi connectivity index (χ1v) is 5.12. The number of benzene rings is 1. The Morgan fingerprint density at radius 2 is 2.06 bits per heavy atom. The van der Waals surface area contributed by atoms with Crippen molar-refractivity contribution in [3.8, 4) is 17.1 Å². The summed E-state index contributed by atoms with van der Waals surface area (Å²) in [5.74, 6) is 1.73.